The molecule has 0 aliphatic carbocycles. The Kier molecular flexibility index (Phi) is 10.1. The highest BCUT2D eigenvalue weighted by atomic mass is 16.2. The number of hydrogen-bond donors (Lipinski definition) is 3. The Morgan fingerprint density at radius 2 is 1.50 bits per heavy atom. The normalized spacial score (nSPS) is 18.7. The molecule has 1 fully saturated rings. The van der Waals surface area contributed by atoms with Crippen LogP contribution in [0.15, 0.2) is 66.7 Å². The molecule has 2 aromatic rings. The van der Waals surface area contributed by atoms with Gasteiger partial charge in [-0.3, -0.25) is 29.3 Å². The highest BCUT2D eigenvalue weighted by Gasteiger charge is 2.46. The lowest BCUT2D eigenvalue weighted by Crippen LogP contribution is -2.50. The highest BCUT2D eigenvalue weighted by Crippen LogP contribution is 2.26. The van der Waals surface area contributed by atoms with Gasteiger partial charge in [-0.25, -0.2) is 0 Å². The van der Waals surface area contributed by atoms with Crippen LogP contribution in [0.5, 0.6) is 0 Å². The van der Waals surface area contributed by atoms with Crippen molar-refractivity contribution in [3.05, 3.63) is 77.9 Å². The first kappa shape index (κ1) is 28.5. The monoisotopic (exact) mass is 517 g/mol. The minimum Gasteiger partial charge on any atom is -0.346 e. The lowest BCUT2D eigenvalue weighted by Gasteiger charge is -2.28. The Morgan fingerprint density at radius 1 is 0.895 bits per heavy atom. The van der Waals surface area contributed by atoms with Crippen LogP contribution in [0, 0.1) is 17.8 Å². The summed E-state index contributed by atoms with van der Waals surface area (Å²) in [5.74, 6) is -4.52. The Labute approximate surface area is 223 Å². The third kappa shape index (κ3) is 7.25. The predicted octanol–water partition coefficient (Wildman–Crippen LogP) is 3.35. The average Bonchev–Trinajstić information content (AvgIpc) is 3.18. The number of Topliss-reactive ketones (excluding diaryl/α,β-unsaturated/α-hetero) is 1. The number of carbonyl (C=O) groups excluding carboxylic acids is 5. The molecule has 4 amide bonds. The van der Waals surface area contributed by atoms with E-state index in [9.17, 15) is 24.0 Å². The van der Waals surface area contributed by atoms with Crippen molar-refractivity contribution in [3.63, 3.8) is 0 Å². The molecular formula is C30H35N3O5. The minimum absolute atomic E-state index is 0.107. The topological polar surface area (TPSA) is 121 Å². The second-order valence-corrected chi connectivity index (χ2v) is 9.56. The summed E-state index contributed by atoms with van der Waals surface area (Å²) in [5, 5.41) is 7.94. The molecule has 0 bridgehead atoms. The third-order valence-corrected chi connectivity index (χ3v) is 7.03. The summed E-state index contributed by atoms with van der Waals surface area (Å²) in [6.45, 7) is 5.37. The van der Waals surface area contributed by atoms with E-state index in [1.54, 1.807) is 13.0 Å². The molecule has 3 rings (SSSR count). The van der Waals surface area contributed by atoms with Gasteiger partial charge in [0.05, 0.1) is 24.4 Å². The van der Waals surface area contributed by atoms with Gasteiger partial charge in [0.1, 0.15) is 5.92 Å². The minimum atomic E-state index is -1.14. The van der Waals surface area contributed by atoms with Gasteiger partial charge >= 0.3 is 0 Å². The maximum atomic E-state index is 13.5. The molecule has 0 radical (unpaired) electrons. The number of carbonyl (C=O) groups is 5. The van der Waals surface area contributed by atoms with Crippen molar-refractivity contribution >= 4 is 35.5 Å². The number of rotatable bonds is 12. The lowest BCUT2D eigenvalue weighted by molar-refractivity contribution is -0.138. The van der Waals surface area contributed by atoms with Crippen molar-refractivity contribution in [1.82, 2.24) is 16.0 Å². The van der Waals surface area contributed by atoms with Gasteiger partial charge in [-0.1, -0.05) is 94.3 Å². The summed E-state index contributed by atoms with van der Waals surface area (Å²) in [6.07, 6.45) is 4.20. The van der Waals surface area contributed by atoms with Gasteiger partial charge in [-0.05, 0) is 23.1 Å². The number of hydrogen-bond acceptors (Lipinski definition) is 5. The van der Waals surface area contributed by atoms with Crippen molar-refractivity contribution in [2.45, 2.75) is 52.1 Å². The van der Waals surface area contributed by atoms with Crippen LogP contribution in [-0.4, -0.2) is 35.5 Å². The van der Waals surface area contributed by atoms with Gasteiger partial charge in [0.15, 0.2) is 5.78 Å². The Balaban J connectivity index is 1.77. The largest absolute Gasteiger partial charge is 0.346 e. The van der Waals surface area contributed by atoms with Crippen LogP contribution in [0.1, 0.15) is 57.2 Å². The highest BCUT2D eigenvalue weighted by molar-refractivity contribution is 6.16. The van der Waals surface area contributed by atoms with Gasteiger partial charge in [0, 0.05) is 6.08 Å². The first-order valence-corrected chi connectivity index (χ1v) is 13.0. The van der Waals surface area contributed by atoms with Crippen LogP contribution >= 0.6 is 0 Å². The molecule has 3 N–H and O–H groups in total. The summed E-state index contributed by atoms with van der Waals surface area (Å²) < 4.78 is 0. The summed E-state index contributed by atoms with van der Waals surface area (Å²) in [5.41, 5.74) is 1.61. The number of nitrogens with one attached hydrogen (secondary N) is 3. The zero-order valence-corrected chi connectivity index (χ0v) is 22.0. The molecule has 1 aliphatic rings. The van der Waals surface area contributed by atoms with E-state index in [2.05, 4.69) is 16.0 Å². The SMILES string of the molecule is CCC(CC)C(NC(=O)C[C@H](NC(=O)/C=C/c1ccccc1)c1ccccc1)C(=O)[C@@H]1C(=O)NC(=O)[C@H]1C. The molecule has 38 heavy (non-hydrogen) atoms. The Hall–Kier alpha value is -4.07. The van der Waals surface area contributed by atoms with E-state index in [-0.39, 0.29) is 18.2 Å². The van der Waals surface area contributed by atoms with Crippen LogP contribution in [0.2, 0.25) is 0 Å². The van der Waals surface area contributed by atoms with E-state index in [0.29, 0.717) is 12.8 Å². The lowest BCUT2D eigenvalue weighted by atomic mass is 9.82. The van der Waals surface area contributed by atoms with E-state index >= 15 is 0 Å². The van der Waals surface area contributed by atoms with Crippen LogP contribution in [0.3, 0.4) is 0 Å². The molecule has 1 saturated heterocycles. The summed E-state index contributed by atoms with van der Waals surface area (Å²) in [6, 6.07) is 16.9. The molecule has 1 aliphatic heterocycles. The summed E-state index contributed by atoms with van der Waals surface area (Å²) in [4.78, 5) is 63.8. The second-order valence-electron chi connectivity index (χ2n) is 9.56. The van der Waals surface area contributed by atoms with Crippen LogP contribution in [0.4, 0.5) is 0 Å². The summed E-state index contributed by atoms with van der Waals surface area (Å²) >= 11 is 0. The number of ketones is 1. The smallest absolute Gasteiger partial charge is 0.244 e. The average molecular weight is 518 g/mol. The molecule has 0 saturated carbocycles. The van der Waals surface area contributed by atoms with Gasteiger partial charge in [0.2, 0.25) is 23.6 Å². The van der Waals surface area contributed by atoms with Crippen LogP contribution < -0.4 is 16.0 Å². The van der Waals surface area contributed by atoms with Crippen molar-refractivity contribution in [3.8, 4) is 0 Å². The van der Waals surface area contributed by atoms with E-state index in [0.717, 1.165) is 11.1 Å². The van der Waals surface area contributed by atoms with Crippen LogP contribution in [-0.2, 0) is 24.0 Å². The molecule has 200 valence electrons. The van der Waals surface area contributed by atoms with E-state index in [1.807, 2.05) is 74.5 Å². The second kappa shape index (κ2) is 13.5. The van der Waals surface area contributed by atoms with Crippen molar-refractivity contribution in [2.75, 3.05) is 0 Å². The van der Waals surface area contributed by atoms with Crippen molar-refractivity contribution in [1.29, 1.82) is 0 Å². The number of imide groups is 1. The quantitative estimate of drug-likeness (QED) is 0.227. The fraction of sp³-hybridized carbons (Fsp3) is 0.367. The standard InChI is InChI=1S/C30H35N3O5/c1-4-21(5-2)27(28(36)26-19(3)29(37)33-30(26)38)32-25(35)18-23(22-14-10-7-11-15-22)31-24(34)17-16-20-12-8-6-9-13-20/h6-17,19,21,23,26-27H,4-5,18H2,1-3H3,(H,31,34)(H,32,35)(H,33,37,38)/b17-16+/t19-,23-,26+,27?/m0/s1. The molecule has 2 aromatic carbocycles. The van der Waals surface area contributed by atoms with Crippen LogP contribution in [0.25, 0.3) is 6.08 Å². The van der Waals surface area contributed by atoms with E-state index < -0.39 is 47.4 Å². The molecule has 8 nitrogen and oxygen atoms in total. The Morgan fingerprint density at radius 3 is 2.05 bits per heavy atom. The Bertz CT molecular complexity index is 1170. The maximum Gasteiger partial charge on any atom is 0.244 e. The van der Waals surface area contributed by atoms with Gasteiger partial charge in [-0.15, -0.1) is 0 Å². The van der Waals surface area contributed by atoms with Crippen molar-refractivity contribution < 1.29 is 24.0 Å². The molecule has 8 heteroatoms. The van der Waals surface area contributed by atoms with E-state index in [4.69, 9.17) is 0 Å². The summed E-state index contributed by atoms with van der Waals surface area (Å²) in [7, 11) is 0. The first-order chi connectivity index (χ1) is 18.2. The number of amides is 4. The fourth-order valence-electron chi connectivity index (χ4n) is 4.75. The molecule has 0 aromatic heterocycles. The van der Waals surface area contributed by atoms with Gasteiger partial charge in [0.25, 0.3) is 0 Å². The number of benzene rings is 2. The van der Waals surface area contributed by atoms with Gasteiger partial charge < -0.3 is 10.6 Å². The van der Waals surface area contributed by atoms with Gasteiger partial charge in [-0.2, -0.15) is 0 Å². The fourth-order valence-corrected chi connectivity index (χ4v) is 4.75. The molecule has 1 unspecified atom stereocenters. The molecule has 0 spiro atoms. The zero-order valence-electron chi connectivity index (χ0n) is 22.0. The molecule has 4 atom stereocenters. The predicted molar refractivity (Wildman–Crippen MR) is 144 cm³/mol. The van der Waals surface area contributed by atoms with E-state index in [1.165, 1.54) is 6.08 Å². The molecular weight excluding hydrogens is 482 g/mol. The third-order valence-electron chi connectivity index (χ3n) is 7.03. The van der Waals surface area contributed by atoms with Crippen molar-refractivity contribution in [2.24, 2.45) is 17.8 Å². The zero-order chi connectivity index (χ0) is 27.7. The maximum absolute atomic E-state index is 13.5. The molecule has 1 heterocycles. The first-order valence-electron chi connectivity index (χ1n) is 13.0.